The Balaban J connectivity index is 2.84. The van der Waals surface area contributed by atoms with Gasteiger partial charge in [-0.05, 0) is 6.92 Å². The van der Waals surface area contributed by atoms with Gasteiger partial charge in [0.15, 0.2) is 5.69 Å². The molecule has 0 aliphatic heterocycles. The molecule has 0 radical (unpaired) electrons. The molecule has 0 fully saturated rings. The fraction of sp³-hybridized carbons (Fsp3) is 0.667. The van der Waals surface area contributed by atoms with Gasteiger partial charge < -0.3 is 4.74 Å². The zero-order valence-corrected chi connectivity index (χ0v) is 10.2. The Kier molecular flexibility index (Phi) is 5.36. The topological polar surface area (TPSA) is 66.2 Å². The van der Waals surface area contributed by atoms with E-state index in [2.05, 4.69) is 19.8 Å². The molecule has 1 aromatic rings. The van der Waals surface area contributed by atoms with Crippen LogP contribution in [0.2, 0.25) is 0 Å². The number of hydrogen-bond acceptors (Lipinski definition) is 5. The molecule has 0 aromatic carbocycles. The quantitative estimate of drug-likeness (QED) is 0.593. The predicted molar refractivity (Wildman–Crippen MR) is 52.9 cm³/mol. The maximum Gasteiger partial charge on any atom is 0.522 e. The third-order valence-electron chi connectivity index (χ3n) is 2.02. The van der Waals surface area contributed by atoms with Gasteiger partial charge in [-0.2, -0.15) is 0 Å². The Hall–Kier alpha value is -1.78. The first-order valence-electron chi connectivity index (χ1n) is 5.35. The molecule has 6 nitrogen and oxygen atoms in total. The van der Waals surface area contributed by atoms with Gasteiger partial charge in [-0.15, -0.1) is 18.3 Å². The van der Waals surface area contributed by atoms with Crippen LogP contribution in [0.5, 0.6) is 0 Å². The van der Waals surface area contributed by atoms with Crippen LogP contribution in [-0.2, 0) is 16.0 Å². The second kappa shape index (κ2) is 6.59. The van der Waals surface area contributed by atoms with E-state index in [1.165, 1.54) is 6.92 Å². The second-order valence-corrected chi connectivity index (χ2v) is 3.36. The maximum atomic E-state index is 12.8. The number of rotatable bonds is 6. The van der Waals surface area contributed by atoms with Gasteiger partial charge in [0.25, 0.3) is 6.43 Å². The Morgan fingerprint density at radius 2 is 2.05 bits per heavy atom. The summed E-state index contributed by atoms with van der Waals surface area (Å²) in [5.74, 6) is -1.12. The highest BCUT2D eigenvalue weighted by atomic mass is 19.4. The Labute approximate surface area is 109 Å². The number of ether oxygens (including phenoxy) is 2. The van der Waals surface area contributed by atoms with E-state index in [-0.39, 0.29) is 6.61 Å². The molecule has 0 amide bonds. The number of hydrogen-bond donors (Lipinski definition) is 0. The van der Waals surface area contributed by atoms with E-state index < -0.39 is 43.3 Å². The molecule has 0 saturated carbocycles. The monoisotopic (exact) mass is 303 g/mol. The minimum Gasteiger partial charge on any atom is -0.461 e. The molecular weight excluding hydrogens is 293 g/mol. The molecule has 1 heterocycles. The van der Waals surface area contributed by atoms with Crippen molar-refractivity contribution < 1.29 is 36.2 Å². The molecule has 0 atom stereocenters. The molecule has 0 aliphatic rings. The minimum absolute atomic E-state index is 0.0639. The van der Waals surface area contributed by atoms with Gasteiger partial charge in [-0.25, -0.2) is 18.3 Å². The second-order valence-electron chi connectivity index (χ2n) is 3.36. The Morgan fingerprint density at radius 1 is 1.40 bits per heavy atom. The lowest BCUT2D eigenvalue weighted by Crippen LogP contribution is -2.19. The van der Waals surface area contributed by atoms with E-state index in [9.17, 15) is 26.7 Å². The van der Waals surface area contributed by atoms with Gasteiger partial charge in [0, 0.05) is 0 Å². The van der Waals surface area contributed by atoms with Gasteiger partial charge in [-0.1, -0.05) is 5.21 Å². The molecule has 1 aromatic heterocycles. The van der Waals surface area contributed by atoms with E-state index in [4.69, 9.17) is 0 Å². The molecule has 1 rings (SSSR count). The van der Waals surface area contributed by atoms with Crippen LogP contribution in [0.15, 0.2) is 0 Å². The predicted octanol–water partition coefficient (Wildman–Crippen LogP) is 1.93. The lowest BCUT2D eigenvalue weighted by Gasteiger charge is -2.09. The molecule has 0 aliphatic carbocycles. The van der Waals surface area contributed by atoms with Crippen molar-refractivity contribution in [3.8, 4) is 0 Å². The van der Waals surface area contributed by atoms with Crippen molar-refractivity contribution in [2.24, 2.45) is 0 Å². The van der Waals surface area contributed by atoms with Gasteiger partial charge in [-0.3, -0.25) is 4.74 Å². The number of carbonyl (C=O) groups excluding carboxylic acids is 1. The molecule has 11 heteroatoms. The largest absolute Gasteiger partial charge is 0.522 e. The van der Waals surface area contributed by atoms with Crippen LogP contribution in [0, 0.1) is 0 Å². The number of carbonyl (C=O) groups is 1. The number of aromatic nitrogens is 3. The van der Waals surface area contributed by atoms with Crippen molar-refractivity contribution in [1.82, 2.24) is 15.0 Å². The summed E-state index contributed by atoms with van der Waals surface area (Å²) in [4.78, 5) is 11.3. The van der Waals surface area contributed by atoms with Crippen molar-refractivity contribution in [1.29, 1.82) is 0 Å². The van der Waals surface area contributed by atoms with E-state index in [1.54, 1.807) is 0 Å². The normalized spacial score (nSPS) is 11.9. The zero-order valence-electron chi connectivity index (χ0n) is 10.2. The molecule has 0 unspecified atom stereocenters. The van der Waals surface area contributed by atoms with Crippen molar-refractivity contribution >= 4 is 5.97 Å². The summed E-state index contributed by atoms with van der Waals surface area (Å²) in [6.07, 6.45) is -8.02. The third kappa shape index (κ3) is 4.40. The van der Waals surface area contributed by atoms with Gasteiger partial charge in [0.05, 0.1) is 19.8 Å². The van der Waals surface area contributed by atoms with E-state index in [0.29, 0.717) is 4.68 Å². The smallest absolute Gasteiger partial charge is 0.461 e. The van der Waals surface area contributed by atoms with Crippen LogP contribution in [0.3, 0.4) is 0 Å². The summed E-state index contributed by atoms with van der Waals surface area (Å²) in [6, 6.07) is 0. The average molecular weight is 303 g/mol. The molecule has 0 spiro atoms. The summed E-state index contributed by atoms with van der Waals surface area (Å²) in [7, 11) is 0. The first-order valence-corrected chi connectivity index (χ1v) is 5.35. The fourth-order valence-electron chi connectivity index (χ4n) is 1.29. The number of alkyl halides is 5. The average Bonchev–Trinajstić information content (AvgIpc) is 2.71. The van der Waals surface area contributed by atoms with Crippen LogP contribution in [0.1, 0.15) is 29.5 Å². The highest BCUT2D eigenvalue weighted by Crippen LogP contribution is 2.22. The van der Waals surface area contributed by atoms with E-state index in [0.717, 1.165) is 0 Å². The Bertz CT molecular complexity index is 460. The standard InChI is InChI=1S/C9H10F5N3O3/c1-2-19-8(18)5-6(7(10)11)17(16-15-5)3-4-20-9(12,13)14/h7H,2-4H2,1H3. The zero-order chi connectivity index (χ0) is 15.3. The van der Waals surface area contributed by atoms with Gasteiger partial charge in [0.1, 0.15) is 5.69 Å². The number of nitrogens with zero attached hydrogens (tertiary/aromatic N) is 3. The van der Waals surface area contributed by atoms with Crippen molar-refractivity contribution in [2.75, 3.05) is 13.2 Å². The van der Waals surface area contributed by atoms with Crippen molar-refractivity contribution in [2.45, 2.75) is 26.3 Å². The maximum absolute atomic E-state index is 12.8. The summed E-state index contributed by atoms with van der Waals surface area (Å²) < 4.78 is 69.3. The van der Waals surface area contributed by atoms with Crippen LogP contribution in [-0.4, -0.2) is 40.5 Å². The molecule has 0 saturated heterocycles. The van der Waals surface area contributed by atoms with Crippen molar-refractivity contribution in [3.05, 3.63) is 11.4 Å². The van der Waals surface area contributed by atoms with Crippen LogP contribution in [0.25, 0.3) is 0 Å². The highest BCUT2D eigenvalue weighted by Gasteiger charge is 2.30. The van der Waals surface area contributed by atoms with E-state index >= 15 is 0 Å². The molecule has 0 bridgehead atoms. The molecule has 20 heavy (non-hydrogen) atoms. The number of halogens is 5. The first kappa shape index (κ1) is 16.3. The van der Waals surface area contributed by atoms with Gasteiger partial charge in [0.2, 0.25) is 0 Å². The summed E-state index contributed by atoms with van der Waals surface area (Å²) >= 11 is 0. The lowest BCUT2D eigenvalue weighted by molar-refractivity contribution is -0.325. The molecular formula is C9H10F5N3O3. The van der Waals surface area contributed by atoms with Crippen LogP contribution < -0.4 is 0 Å². The minimum atomic E-state index is -4.88. The van der Waals surface area contributed by atoms with Crippen molar-refractivity contribution in [3.63, 3.8) is 0 Å². The van der Waals surface area contributed by atoms with Gasteiger partial charge >= 0.3 is 12.3 Å². The lowest BCUT2D eigenvalue weighted by atomic mass is 10.3. The highest BCUT2D eigenvalue weighted by molar-refractivity contribution is 5.88. The third-order valence-corrected chi connectivity index (χ3v) is 2.02. The summed E-state index contributed by atoms with van der Waals surface area (Å²) in [5, 5.41) is 6.39. The summed E-state index contributed by atoms with van der Waals surface area (Å²) in [5.41, 5.74) is -1.64. The molecule has 114 valence electrons. The fourth-order valence-corrected chi connectivity index (χ4v) is 1.29. The first-order chi connectivity index (χ1) is 9.26. The van der Waals surface area contributed by atoms with E-state index in [1.807, 2.05) is 0 Å². The van der Waals surface area contributed by atoms with Crippen LogP contribution in [0.4, 0.5) is 22.0 Å². The Morgan fingerprint density at radius 3 is 2.55 bits per heavy atom. The van der Waals surface area contributed by atoms with Crippen LogP contribution >= 0.6 is 0 Å². The summed E-state index contributed by atoms with van der Waals surface area (Å²) in [6.45, 7) is -0.173. The molecule has 0 N–H and O–H groups in total. The SMILES string of the molecule is CCOC(=O)c1nnn(CCOC(F)(F)F)c1C(F)F. The number of esters is 1.